The van der Waals surface area contributed by atoms with E-state index < -0.39 is 10.8 Å². The molecule has 2 aromatic heterocycles. The van der Waals surface area contributed by atoms with Crippen molar-refractivity contribution in [1.29, 1.82) is 0 Å². The van der Waals surface area contributed by atoms with Crippen LogP contribution >= 0.6 is 11.3 Å². The standard InChI is InChI=1S/C16H14N4O4S/c1-2-19-13(11-5-7-12(8-6-11)20(22)23)10-25-16(19)18-17-15(21)14-4-3-9-24-14/h3-10H,2H2,1H3,(H,17,21)/b18-16+. The van der Waals surface area contributed by atoms with Gasteiger partial charge in [0.15, 0.2) is 5.76 Å². The number of benzene rings is 1. The quantitative estimate of drug-likeness (QED) is 0.559. The van der Waals surface area contributed by atoms with Crippen molar-refractivity contribution in [2.24, 2.45) is 5.10 Å². The SMILES string of the molecule is CCn1c(-c2ccc([N+](=O)[O-])cc2)cs/c1=N/NC(=O)c1ccco1. The molecule has 0 fully saturated rings. The maximum absolute atomic E-state index is 11.9. The van der Waals surface area contributed by atoms with E-state index >= 15 is 0 Å². The number of carbonyl (C=O) groups is 1. The Hall–Kier alpha value is -3.20. The first-order valence-corrected chi connectivity index (χ1v) is 8.29. The lowest BCUT2D eigenvalue weighted by Crippen LogP contribution is -2.24. The minimum Gasteiger partial charge on any atom is -0.459 e. The molecule has 0 aliphatic rings. The number of nitrogens with zero attached hydrogens (tertiary/aromatic N) is 3. The van der Waals surface area contributed by atoms with Crippen LogP contribution < -0.4 is 10.2 Å². The number of nitro benzene ring substituents is 1. The molecule has 1 N–H and O–H groups in total. The van der Waals surface area contributed by atoms with Crippen LogP contribution in [-0.4, -0.2) is 15.4 Å². The number of hydrogen-bond donors (Lipinski definition) is 1. The van der Waals surface area contributed by atoms with Crippen LogP contribution in [0.15, 0.2) is 57.6 Å². The van der Waals surface area contributed by atoms with Crippen molar-refractivity contribution in [3.63, 3.8) is 0 Å². The Bertz CT molecular complexity index is 955. The second kappa shape index (κ2) is 7.14. The molecule has 128 valence electrons. The molecule has 0 atom stereocenters. The Balaban J connectivity index is 1.89. The highest BCUT2D eigenvalue weighted by Crippen LogP contribution is 2.22. The maximum Gasteiger partial charge on any atom is 0.307 e. The summed E-state index contributed by atoms with van der Waals surface area (Å²) in [7, 11) is 0. The molecule has 3 rings (SSSR count). The van der Waals surface area contributed by atoms with E-state index in [1.165, 1.54) is 29.7 Å². The van der Waals surface area contributed by atoms with Gasteiger partial charge >= 0.3 is 5.91 Å². The lowest BCUT2D eigenvalue weighted by atomic mass is 10.1. The molecule has 9 heteroatoms. The molecule has 0 spiro atoms. The Morgan fingerprint density at radius 2 is 2.12 bits per heavy atom. The third kappa shape index (κ3) is 3.50. The number of nitrogens with one attached hydrogen (secondary N) is 1. The van der Waals surface area contributed by atoms with E-state index in [9.17, 15) is 14.9 Å². The molecular weight excluding hydrogens is 344 g/mol. The van der Waals surface area contributed by atoms with Gasteiger partial charge in [-0.3, -0.25) is 14.9 Å². The zero-order valence-corrected chi connectivity index (χ0v) is 14.0. The van der Waals surface area contributed by atoms with E-state index in [4.69, 9.17) is 4.42 Å². The van der Waals surface area contributed by atoms with E-state index in [2.05, 4.69) is 10.5 Å². The molecule has 0 aliphatic carbocycles. The summed E-state index contributed by atoms with van der Waals surface area (Å²) in [4.78, 5) is 22.8. The van der Waals surface area contributed by atoms with Crippen LogP contribution in [0.3, 0.4) is 0 Å². The molecule has 0 saturated carbocycles. The van der Waals surface area contributed by atoms with Gasteiger partial charge in [0, 0.05) is 24.1 Å². The Labute approximate surface area is 146 Å². The molecule has 25 heavy (non-hydrogen) atoms. The number of non-ortho nitro benzene ring substituents is 1. The fourth-order valence-electron chi connectivity index (χ4n) is 2.27. The van der Waals surface area contributed by atoms with E-state index in [0.29, 0.717) is 11.3 Å². The van der Waals surface area contributed by atoms with Crippen molar-refractivity contribution < 1.29 is 14.1 Å². The third-order valence-electron chi connectivity index (χ3n) is 3.49. The minimum atomic E-state index is -0.434. The summed E-state index contributed by atoms with van der Waals surface area (Å²) in [5.41, 5.74) is 4.20. The van der Waals surface area contributed by atoms with Crippen LogP contribution in [0, 0.1) is 10.1 Å². The van der Waals surface area contributed by atoms with Crippen LogP contribution in [0.2, 0.25) is 0 Å². The number of rotatable bonds is 5. The van der Waals surface area contributed by atoms with Crippen LogP contribution in [-0.2, 0) is 6.54 Å². The maximum atomic E-state index is 11.9. The Kier molecular flexibility index (Phi) is 4.75. The molecule has 2 heterocycles. The molecule has 0 unspecified atom stereocenters. The molecule has 3 aromatic rings. The Morgan fingerprint density at radius 1 is 1.36 bits per heavy atom. The van der Waals surface area contributed by atoms with Gasteiger partial charge in [0.1, 0.15) is 0 Å². The van der Waals surface area contributed by atoms with Crippen LogP contribution in [0.4, 0.5) is 5.69 Å². The van der Waals surface area contributed by atoms with Gasteiger partial charge in [-0.2, -0.15) is 0 Å². The average Bonchev–Trinajstić information content (AvgIpc) is 3.29. The normalized spacial score (nSPS) is 11.5. The minimum absolute atomic E-state index is 0.0395. The van der Waals surface area contributed by atoms with Gasteiger partial charge in [-0.25, -0.2) is 5.43 Å². The number of nitro groups is 1. The molecule has 1 aromatic carbocycles. The fraction of sp³-hybridized carbons (Fsp3) is 0.125. The van der Waals surface area contributed by atoms with Crippen molar-refractivity contribution in [2.45, 2.75) is 13.5 Å². The van der Waals surface area contributed by atoms with Crippen molar-refractivity contribution in [3.05, 3.63) is 68.7 Å². The molecule has 1 amide bonds. The summed E-state index contributed by atoms with van der Waals surface area (Å²) in [5, 5.41) is 16.8. The topological polar surface area (TPSA) is 103 Å². The van der Waals surface area contributed by atoms with Gasteiger partial charge in [0.25, 0.3) is 5.69 Å². The number of carbonyl (C=O) groups excluding carboxylic acids is 1. The van der Waals surface area contributed by atoms with Gasteiger partial charge in [0.05, 0.1) is 16.9 Å². The molecule has 0 aliphatic heterocycles. The number of thiazole rings is 1. The highest BCUT2D eigenvalue weighted by atomic mass is 32.1. The summed E-state index contributed by atoms with van der Waals surface area (Å²) in [6, 6.07) is 9.48. The summed E-state index contributed by atoms with van der Waals surface area (Å²) >= 11 is 1.36. The lowest BCUT2D eigenvalue weighted by molar-refractivity contribution is -0.384. The lowest BCUT2D eigenvalue weighted by Gasteiger charge is -2.06. The fourth-order valence-corrected chi connectivity index (χ4v) is 3.20. The largest absolute Gasteiger partial charge is 0.459 e. The third-order valence-corrected chi connectivity index (χ3v) is 4.35. The van der Waals surface area contributed by atoms with Crippen LogP contribution in [0.1, 0.15) is 17.5 Å². The van der Waals surface area contributed by atoms with Crippen molar-refractivity contribution in [2.75, 3.05) is 0 Å². The predicted octanol–water partition coefficient (Wildman–Crippen LogP) is 2.98. The van der Waals surface area contributed by atoms with E-state index in [1.807, 2.05) is 16.9 Å². The summed E-state index contributed by atoms with van der Waals surface area (Å²) in [6.45, 7) is 2.58. The summed E-state index contributed by atoms with van der Waals surface area (Å²) in [6.07, 6.45) is 1.42. The van der Waals surface area contributed by atoms with Crippen LogP contribution in [0.25, 0.3) is 11.3 Å². The van der Waals surface area contributed by atoms with Crippen molar-refractivity contribution in [3.8, 4) is 11.3 Å². The van der Waals surface area contributed by atoms with Crippen molar-refractivity contribution >= 4 is 22.9 Å². The van der Waals surface area contributed by atoms with Gasteiger partial charge in [-0.05, 0) is 36.8 Å². The first-order valence-electron chi connectivity index (χ1n) is 7.41. The molecule has 0 bridgehead atoms. The molecule has 8 nitrogen and oxygen atoms in total. The number of amides is 1. The van der Waals surface area contributed by atoms with E-state index in [-0.39, 0.29) is 11.4 Å². The van der Waals surface area contributed by atoms with Crippen LogP contribution in [0.5, 0.6) is 0 Å². The zero-order valence-electron chi connectivity index (χ0n) is 13.2. The van der Waals surface area contributed by atoms with Gasteiger partial charge < -0.3 is 8.98 Å². The van der Waals surface area contributed by atoms with Gasteiger partial charge in [-0.1, -0.05) is 0 Å². The van der Waals surface area contributed by atoms with E-state index in [0.717, 1.165) is 11.3 Å². The zero-order chi connectivity index (χ0) is 17.8. The van der Waals surface area contributed by atoms with Crippen molar-refractivity contribution in [1.82, 2.24) is 9.99 Å². The second-order valence-electron chi connectivity index (χ2n) is 4.98. The highest BCUT2D eigenvalue weighted by Gasteiger charge is 2.11. The Morgan fingerprint density at radius 3 is 2.72 bits per heavy atom. The number of aromatic nitrogens is 1. The monoisotopic (exact) mass is 358 g/mol. The summed E-state index contributed by atoms with van der Waals surface area (Å²) < 4.78 is 6.93. The molecular formula is C16H14N4O4S. The number of furan rings is 1. The first kappa shape index (κ1) is 16.7. The average molecular weight is 358 g/mol. The van der Waals surface area contributed by atoms with Gasteiger partial charge in [-0.15, -0.1) is 16.4 Å². The summed E-state index contributed by atoms with van der Waals surface area (Å²) in [5.74, 6) is -0.253. The molecule has 0 saturated heterocycles. The van der Waals surface area contributed by atoms with Gasteiger partial charge in [0.2, 0.25) is 4.80 Å². The first-order chi connectivity index (χ1) is 12.1. The highest BCUT2D eigenvalue weighted by molar-refractivity contribution is 7.07. The second-order valence-corrected chi connectivity index (χ2v) is 5.82. The smallest absolute Gasteiger partial charge is 0.307 e. The number of hydrogen-bond acceptors (Lipinski definition) is 6. The molecule has 0 radical (unpaired) electrons. The predicted molar refractivity (Wildman–Crippen MR) is 91.8 cm³/mol. The van der Waals surface area contributed by atoms with E-state index in [1.54, 1.807) is 24.3 Å².